The maximum absolute atomic E-state index is 13.1. The fourth-order valence-corrected chi connectivity index (χ4v) is 3.39. The predicted molar refractivity (Wildman–Crippen MR) is 127 cm³/mol. The molecule has 0 saturated carbocycles. The molecule has 33 heavy (non-hydrogen) atoms. The zero-order valence-corrected chi connectivity index (χ0v) is 19.7. The van der Waals surface area contributed by atoms with E-state index in [2.05, 4.69) is 37.1 Å². The van der Waals surface area contributed by atoms with Crippen LogP contribution in [0.15, 0.2) is 59.7 Å². The normalized spacial score (nSPS) is 12.3. The average Bonchev–Trinajstić information content (AvgIpc) is 2.75. The third kappa shape index (κ3) is 6.28. The maximum Gasteiger partial charge on any atom is 0.260 e. The van der Waals surface area contributed by atoms with Crippen LogP contribution in [0.25, 0.3) is 11.3 Å². The summed E-state index contributed by atoms with van der Waals surface area (Å²) in [5.74, 6) is 0.0741. The highest BCUT2D eigenvalue weighted by Crippen LogP contribution is 2.32. The van der Waals surface area contributed by atoms with Gasteiger partial charge in [-0.15, -0.1) is 0 Å². The number of aryl methyl sites for hydroxylation is 1. The topological polar surface area (TPSA) is 73.2 Å². The summed E-state index contributed by atoms with van der Waals surface area (Å²) in [6.45, 7) is 10.6. The Morgan fingerprint density at radius 2 is 1.85 bits per heavy atom. The second kappa shape index (κ2) is 9.98. The molecule has 3 rings (SSSR count). The van der Waals surface area contributed by atoms with Crippen LogP contribution in [0.2, 0.25) is 0 Å². The largest absolute Gasteiger partial charge is 0.481 e. The molecule has 0 bridgehead atoms. The van der Waals surface area contributed by atoms with Gasteiger partial charge in [0.1, 0.15) is 11.6 Å². The predicted octanol–water partition coefficient (Wildman–Crippen LogP) is 4.24. The zero-order valence-electron chi connectivity index (χ0n) is 19.7. The van der Waals surface area contributed by atoms with E-state index in [-0.39, 0.29) is 35.8 Å². The summed E-state index contributed by atoms with van der Waals surface area (Å²) in [5, 5.41) is 2.81. The number of halogens is 1. The smallest absolute Gasteiger partial charge is 0.260 e. The van der Waals surface area contributed by atoms with Gasteiger partial charge in [0.25, 0.3) is 11.5 Å². The highest BCUT2D eigenvalue weighted by Gasteiger charge is 2.22. The minimum absolute atomic E-state index is 0.119. The van der Waals surface area contributed by atoms with E-state index >= 15 is 0 Å². The third-order valence-corrected chi connectivity index (χ3v) is 5.29. The van der Waals surface area contributed by atoms with E-state index in [1.54, 1.807) is 19.1 Å². The molecule has 7 heteroatoms. The summed E-state index contributed by atoms with van der Waals surface area (Å²) in [6.07, 6.45) is 0.735. The van der Waals surface area contributed by atoms with Gasteiger partial charge in [-0.25, -0.2) is 9.37 Å². The minimum atomic E-state index is -0.690. The van der Waals surface area contributed by atoms with Gasteiger partial charge in [-0.3, -0.25) is 14.2 Å². The lowest BCUT2D eigenvalue weighted by atomic mass is 9.85. The fourth-order valence-electron chi connectivity index (χ4n) is 3.39. The summed E-state index contributed by atoms with van der Waals surface area (Å²) in [6, 6.07) is 13.1. The first-order chi connectivity index (χ1) is 15.5. The van der Waals surface area contributed by atoms with Gasteiger partial charge in [0.15, 0.2) is 6.10 Å². The number of hydrogen-bond donors (Lipinski definition) is 1. The van der Waals surface area contributed by atoms with Crippen molar-refractivity contribution in [3.63, 3.8) is 0 Å². The molecule has 2 aromatic carbocycles. The van der Waals surface area contributed by atoms with Gasteiger partial charge in [-0.2, -0.15) is 0 Å². The highest BCUT2D eigenvalue weighted by molar-refractivity contribution is 5.80. The summed E-state index contributed by atoms with van der Waals surface area (Å²) >= 11 is 0. The maximum atomic E-state index is 13.1. The van der Waals surface area contributed by atoms with Crippen molar-refractivity contribution < 1.29 is 13.9 Å². The Morgan fingerprint density at radius 1 is 1.15 bits per heavy atom. The van der Waals surface area contributed by atoms with Gasteiger partial charge < -0.3 is 10.1 Å². The van der Waals surface area contributed by atoms with E-state index in [1.807, 2.05) is 19.1 Å². The molecular formula is C26H30FN3O3. The van der Waals surface area contributed by atoms with E-state index in [0.29, 0.717) is 17.0 Å². The van der Waals surface area contributed by atoms with Gasteiger partial charge in [0.2, 0.25) is 0 Å². The van der Waals surface area contributed by atoms with Gasteiger partial charge >= 0.3 is 0 Å². The number of hydrogen-bond acceptors (Lipinski definition) is 4. The molecule has 0 aliphatic rings. The summed E-state index contributed by atoms with van der Waals surface area (Å²) in [4.78, 5) is 29.2. The molecule has 1 aromatic heterocycles. The lowest BCUT2D eigenvalue weighted by molar-refractivity contribution is -0.127. The minimum Gasteiger partial charge on any atom is -0.481 e. The Balaban J connectivity index is 1.58. The molecule has 1 N–H and O–H groups in total. The third-order valence-electron chi connectivity index (χ3n) is 5.29. The number of nitrogens with one attached hydrogen (secondary N) is 1. The van der Waals surface area contributed by atoms with Crippen LogP contribution in [0, 0.1) is 12.7 Å². The van der Waals surface area contributed by atoms with Crippen LogP contribution in [0.1, 0.15) is 38.8 Å². The van der Waals surface area contributed by atoms with Crippen molar-refractivity contribution in [2.75, 3.05) is 6.54 Å². The first kappa shape index (κ1) is 24.2. The van der Waals surface area contributed by atoms with Crippen LogP contribution in [0.4, 0.5) is 4.39 Å². The Kier molecular flexibility index (Phi) is 7.31. The van der Waals surface area contributed by atoms with Gasteiger partial charge in [-0.1, -0.05) is 38.5 Å². The van der Waals surface area contributed by atoms with Crippen LogP contribution in [-0.2, 0) is 16.8 Å². The SMILES string of the molecule is Cc1ccc(OC(C)C(=O)NCCn2cnc(-c3ccc(F)cc3)cc2=O)c(C(C)(C)C)c1. The molecule has 174 valence electrons. The molecule has 6 nitrogen and oxygen atoms in total. The second-order valence-electron chi connectivity index (χ2n) is 9.11. The number of aromatic nitrogens is 2. The van der Waals surface area contributed by atoms with Crippen LogP contribution >= 0.6 is 0 Å². The van der Waals surface area contributed by atoms with E-state index in [9.17, 15) is 14.0 Å². The van der Waals surface area contributed by atoms with E-state index < -0.39 is 6.10 Å². The number of nitrogens with zero attached hydrogens (tertiary/aromatic N) is 2. The highest BCUT2D eigenvalue weighted by atomic mass is 19.1. The van der Waals surface area contributed by atoms with Crippen LogP contribution < -0.4 is 15.6 Å². The van der Waals surface area contributed by atoms with Gasteiger partial charge in [0.05, 0.1) is 12.0 Å². The quantitative estimate of drug-likeness (QED) is 0.583. The van der Waals surface area contributed by atoms with Gasteiger partial charge in [0, 0.05) is 24.7 Å². The first-order valence-electron chi connectivity index (χ1n) is 10.9. The van der Waals surface area contributed by atoms with E-state index in [1.165, 1.54) is 29.1 Å². The van der Waals surface area contributed by atoms with Crippen molar-refractivity contribution in [1.29, 1.82) is 0 Å². The molecule has 0 aliphatic carbocycles. The fraction of sp³-hybridized carbons (Fsp3) is 0.346. The van der Waals surface area contributed by atoms with Crippen molar-refractivity contribution in [3.05, 3.63) is 82.2 Å². The number of amides is 1. The molecule has 0 fully saturated rings. The van der Waals surface area contributed by atoms with Crippen LogP contribution in [0.3, 0.4) is 0 Å². The Morgan fingerprint density at radius 3 is 2.48 bits per heavy atom. The van der Waals surface area contributed by atoms with Crippen LogP contribution in [0.5, 0.6) is 5.75 Å². The number of rotatable bonds is 7. The Bertz CT molecular complexity index is 1180. The van der Waals surface area contributed by atoms with Crippen molar-refractivity contribution in [2.24, 2.45) is 0 Å². The van der Waals surface area contributed by atoms with Crippen molar-refractivity contribution in [1.82, 2.24) is 14.9 Å². The lowest BCUT2D eigenvalue weighted by Crippen LogP contribution is -2.39. The van der Waals surface area contributed by atoms with Crippen molar-refractivity contribution >= 4 is 5.91 Å². The molecule has 0 spiro atoms. The standard InChI is InChI=1S/C26H30FN3O3/c1-17-6-11-23(21(14-17)26(3,4)5)33-18(2)25(32)28-12-13-30-16-29-22(15-24(30)31)19-7-9-20(27)10-8-19/h6-11,14-16,18H,12-13H2,1-5H3,(H,28,32). The Labute approximate surface area is 193 Å². The molecular weight excluding hydrogens is 421 g/mol. The summed E-state index contributed by atoms with van der Waals surface area (Å²) < 4.78 is 20.5. The number of carbonyl (C=O) groups is 1. The molecule has 0 radical (unpaired) electrons. The lowest BCUT2D eigenvalue weighted by Gasteiger charge is -2.25. The first-order valence-corrected chi connectivity index (χ1v) is 10.9. The summed E-state index contributed by atoms with van der Waals surface area (Å²) in [5.41, 5.74) is 2.93. The molecule has 3 aromatic rings. The van der Waals surface area contributed by atoms with Crippen molar-refractivity contribution in [2.45, 2.75) is 52.7 Å². The van der Waals surface area contributed by atoms with E-state index in [0.717, 1.165) is 11.1 Å². The number of ether oxygens (including phenoxy) is 1. The summed E-state index contributed by atoms with van der Waals surface area (Å²) in [7, 11) is 0. The molecule has 0 aliphatic heterocycles. The van der Waals surface area contributed by atoms with Crippen molar-refractivity contribution in [3.8, 4) is 17.0 Å². The number of carbonyl (C=O) groups excluding carboxylic acids is 1. The van der Waals surface area contributed by atoms with Crippen LogP contribution in [-0.4, -0.2) is 28.1 Å². The average molecular weight is 452 g/mol. The van der Waals surface area contributed by atoms with Gasteiger partial charge in [-0.05, 0) is 55.2 Å². The molecule has 1 amide bonds. The molecule has 1 atom stereocenters. The molecule has 1 heterocycles. The second-order valence-corrected chi connectivity index (χ2v) is 9.11. The van der Waals surface area contributed by atoms with E-state index in [4.69, 9.17) is 4.74 Å². The molecule has 0 saturated heterocycles. The number of benzene rings is 2. The monoisotopic (exact) mass is 451 g/mol. The Hall–Kier alpha value is -3.48. The molecule has 1 unspecified atom stereocenters. The zero-order chi connectivity index (χ0) is 24.2.